The molecule has 38 heavy (non-hydrogen) atoms. The maximum absolute atomic E-state index is 13.3. The average molecular weight is 543 g/mol. The van der Waals surface area contributed by atoms with Gasteiger partial charge in [0.05, 0.1) is 21.7 Å². The highest BCUT2D eigenvalue weighted by Gasteiger charge is 2.31. The minimum Gasteiger partial charge on any atom is -0.353 e. The van der Waals surface area contributed by atoms with Gasteiger partial charge in [0.2, 0.25) is 10.0 Å². The Balaban J connectivity index is 1.39. The van der Waals surface area contributed by atoms with Gasteiger partial charge >= 0.3 is 6.18 Å². The smallest absolute Gasteiger partial charge is 0.353 e. The fourth-order valence-corrected chi connectivity index (χ4v) is 5.55. The lowest BCUT2D eigenvalue weighted by Gasteiger charge is -2.13. The summed E-state index contributed by atoms with van der Waals surface area (Å²) in [5.41, 5.74) is 1.44. The van der Waals surface area contributed by atoms with Crippen LogP contribution in [0.25, 0.3) is 10.9 Å². The number of nitrogens with one attached hydrogen (secondary N) is 3. The number of halogens is 3. The van der Waals surface area contributed by atoms with Crippen LogP contribution < -0.4 is 15.4 Å². The van der Waals surface area contributed by atoms with E-state index in [0.29, 0.717) is 16.6 Å². The lowest BCUT2D eigenvalue weighted by Crippen LogP contribution is -2.26. The molecule has 4 aromatic rings. The molecule has 0 spiro atoms. The van der Waals surface area contributed by atoms with Gasteiger partial charge in [0.15, 0.2) is 0 Å². The Kier molecular flexibility index (Phi) is 6.66. The summed E-state index contributed by atoms with van der Waals surface area (Å²) in [5, 5.41) is 6.53. The van der Waals surface area contributed by atoms with Crippen molar-refractivity contribution in [1.29, 1.82) is 0 Å². The molecule has 0 unspecified atom stereocenters. The lowest BCUT2D eigenvalue weighted by atomic mass is 10.1. The zero-order valence-corrected chi connectivity index (χ0v) is 21.2. The number of amides is 1. The molecular formula is C27H25F3N4O3S. The molecular weight excluding hydrogens is 517 g/mol. The first-order valence-electron chi connectivity index (χ1n) is 11.9. The highest BCUT2D eigenvalue weighted by Crippen LogP contribution is 2.35. The number of alkyl halides is 3. The maximum atomic E-state index is 13.3. The van der Waals surface area contributed by atoms with Crippen LogP contribution in [0.4, 0.5) is 24.5 Å². The summed E-state index contributed by atoms with van der Waals surface area (Å²) in [4.78, 5) is 13.5. The van der Waals surface area contributed by atoms with Gasteiger partial charge in [-0.15, -0.1) is 0 Å². The van der Waals surface area contributed by atoms with Gasteiger partial charge in [-0.25, -0.2) is 13.1 Å². The van der Waals surface area contributed by atoms with E-state index in [0.717, 1.165) is 30.5 Å². The molecule has 198 valence electrons. The Bertz CT molecular complexity index is 1610. The number of hydrogen-bond donors (Lipinski definition) is 3. The topological polar surface area (TPSA) is 92.2 Å². The molecule has 1 aromatic heterocycles. The van der Waals surface area contributed by atoms with Crippen molar-refractivity contribution in [2.45, 2.75) is 36.5 Å². The fraction of sp³-hybridized carbons (Fsp3) is 0.222. The summed E-state index contributed by atoms with van der Waals surface area (Å²) in [5.74, 6) is -0.440. The van der Waals surface area contributed by atoms with Crippen LogP contribution in [-0.2, 0) is 29.8 Å². The summed E-state index contributed by atoms with van der Waals surface area (Å²) in [6.07, 6.45) is -2.83. The number of aryl methyl sites for hydroxylation is 1. The second-order valence-electron chi connectivity index (χ2n) is 9.23. The predicted molar refractivity (Wildman–Crippen MR) is 139 cm³/mol. The molecule has 0 saturated heterocycles. The van der Waals surface area contributed by atoms with Crippen LogP contribution in [0.15, 0.2) is 77.7 Å². The molecule has 5 rings (SSSR count). The minimum absolute atomic E-state index is 0.00138. The summed E-state index contributed by atoms with van der Waals surface area (Å²) >= 11 is 0. The summed E-state index contributed by atoms with van der Waals surface area (Å²) in [6, 6.07) is 18.2. The Labute approximate surface area is 217 Å². The number of para-hydroxylation sites is 1. The van der Waals surface area contributed by atoms with Crippen molar-refractivity contribution < 1.29 is 26.4 Å². The molecule has 0 aliphatic heterocycles. The number of rotatable bonds is 8. The van der Waals surface area contributed by atoms with E-state index in [-0.39, 0.29) is 28.9 Å². The van der Waals surface area contributed by atoms with Gasteiger partial charge in [0.1, 0.15) is 5.69 Å². The van der Waals surface area contributed by atoms with Crippen molar-refractivity contribution in [2.75, 3.05) is 5.32 Å². The van der Waals surface area contributed by atoms with Crippen molar-refractivity contribution in [1.82, 2.24) is 14.6 Å². The number of sulfonamides is 1. The zero-order chi connectivity index (χ0) is 27.1. The molecule has 3 aromatic carbocycles. The molecule has 1 amide bonds. The van der Waals surface area contributed by atoms with E-state index in [1.807, 2.05) is 12.1 Å². The number of nitrogens with zero attached hydrogens (tertiary/aromatic N) is 1. The molecule has 1 aliphatic carbocycles. The van der Waals surface area contributed by atoms with Crippen LogP contribution in [0.2, 0.25) is 0 Å². The standard InChI is InChI=1S/C27H25F3N4O3S/c1-34-23-8-3-2-7-22(23)24(32-20-6-4-5-18(15-20)27(28,29)30)25(34)26(35)31-16-17-9-13-21(14-10-17)38(36,37)33-19-11-12-19/h2-10,13-15,19,32-33H,11-12,16H2,1H3,(H,31,35). The van der Waals surface area contributed by atoms with Gasteiger partial charge in [-0.3, -0.25) is 4.79 Å². The third-order valence-electron chi connectivity index (χ3n) is 6.37. The molecule has 1 heterocycles. The van der Waals surface area contributed by atoms with Gasteiger partial charge in [-0.2, -0.15) is 13.2 Å². The number of benzene rings is 3. The third-order valence-corrected chi connectivity index (χ3v) is 7.90. The van der Waals surface area contributed by atoms with Crippen molar-refractivity contribution in [3.05, 3.63) is 89.6 Å². The highest BCUT2D eigenvalue weighted by atomic mass is 32.2. The van der Waals surface area contributed by atoms with Gasteiger partial charge in [-0.05, 0) is 54.8 Å². The minimum atomic E-state index is -4.50. The molecule has 11 heteroatoms. The summed E-state index contributed by atoms with van der Waals surface area (Å²) in [6.45, 7) is 0.125. The molecule has 0 bridgehead atoms. The lowest BCUT2D eigenvalue weighted by molar-refractivity contribution is -0.137. The van der Waals surface area contributed by atoms with E-state index < -0.39 is 27.7 Å². The largest absolute Gasteiger partial charge is 0.416 e. The summed E-state index contributed by atoms with van der Waals surface area (Å²) in [7, 11) is -1.87. The van der Waals surface area contributed by atoms with E-state index in [2.05, 4.69) is 15.4 Å². The van der Waals surface area contributed by atoms with E-state index >= 15 is 0 Å². The van der Waals surface area contributed by atoms with Crippen molar-refractivity contribution in [3.63, 3.8) is 0 Å². The first-order chi connectivity index (χ1) is 18.0. The second-order valence-corrected chi connectivity index (χ2v) is 10.9. The fourth-order valence-electron chi connectivity index (χ4n) is 4.24. The second kappa shape index (κ2) is 9.80. The predicted octanol–water partition coefficient (Wildman–Crippen LogP) is 5.31. The van der Waals surface area contributed by atoms with E-state index in [9.17, 15) is 26.4 Å². The number of fused-ring (bicyclic) bond motifs is 1. The molecule has 0 atom stereocenters. The Morgan fingerprint density at radius 2 is 1.71 bits per heavy atom. The molecule has 0 radical (unpaired) electrons. The molecule has 7 nitrogen and oxygen atoms in total. The first-order valence-corrected chi connectivity index (χ1v) is 13.4. The molecule has 3 N–H and O–H groups in total. The number of hydrogen-bond acceptors (Lipinski definition) is 4. The summed E-state index contributed by atoms with van der Waals surface area (Å²) < 4.78 is 68.8. The molecule has 1 fully saturated rings. The van der Waals surface area contributed by atoms with Crippen LogP contribution >= 0.6 is 0 Å². The number of aromatic nitrogens is 1. The van der Waals surface area contributed by atoms with Crippen LogP contribution in [0.5, 0.6) is 0 Å². The van der Waals surface area contributed by atoms with E-state index in [1.54, 1.807) is 35.9 Å². The quantitative estimate of drug-likeness (QED) is 0.281. The third kappa shape index (κ3) is 5.39. The van der Waals surface area contributed by atoms with E-state index in [4.69, 9.17) is 0 Å². The zero-order valence-electron chi connectivity index (χ0n) is 20.3. The monoisotopic (exact) mass is 542 g/mol. The van der Waals surface area contributed by atoms with Gasteiger partial charge in [-0.1, -0.05) is 36.4 Å². The van der Waals surface area contributed by atoms with Crippen molar-refractivity contribution >= 4 is 38.2 Å². The van der Waals surface area contributed by atoms with Crippen LogP contribution in [0.1, 0.15) is 34.5 Å². The first kappa shape index (κ1) is 25.8. The Morgan fingerprint density at radius 1 is 1.00 bits per heavy atom. The van der Waals surface area contributed by atoms with Gasteiger partial charge < -0.3 is 15.2 Å². The Hall–Kier alpha value is -3.83. The molecule has 1 saturated carbocycles. The molecule has 1 aliphatic rings. The Morgan fingerprint density at radius 3 is 2.39 bits per heavy atom. The normalized spacial score (nSPS) is 14.0. The van der Waals surface area contributed by atoms with Crippen LogP contribution in [0.3, 0.4) is 0 Å². The maximum Gasteiger partial charge on any atom is 0.416 e. The van der Waals surface area contributed by atoms with E-state index in [1.165, 1.54) is 24.3 Å². The highest BCUT2D eigenvalue weighted by molar-refractivity contribution is 7.89. The average Bonchev–Trinajstić information content (AvgIpc) is 3.65. The van der Waals surface area contributed by atoms with Gasteiger partial charge in [0, 0.05) is 30.7 Å². The van der Waals surface area contributed by atoms with Crippen LogP contribution in [0, 0.1) is 0 Å². The number of anilines is 2. The number of carbonyl (C=O) groups is 1. The van der Waals surface area contributed by atoms with Crippen LogP contribution in [-0.4, -0.2) is 24.9 Å². The SMILES string of the molecule is Cn1c(C(=O)NCc2ccc(S(=O)(=O)NC3CC3)cc2)c(Nc2cccc(C(F)(F)F)c2)c2ccccc21. The number of carbonyl (C=O) groups excluding carboxylic acids is 1. The van der Waals surface area contributed by atoms with Crippen molar-refractivity contribution in [2.24, 2.45) is 7.05 Å². The van der Waals surface area contributed by atoms with Gasteiger partial charge in [0.25, 0.3) is 5.91 Å². The van der Waals surface area contributed by atoms with Crippen molar-refractivity contribution in [3.8, 4) is 0 Å².